The molecule has 0 bridgehead atoms. The lowest BCUT2D eigenvalue weighted by atomic mass is 10.0. The number of thiophene rings is 1. The molecular formula is C20H12F6N2O4S3. The molecule has 0 aliphatic carbocycles. The third kappa shape index (κ3) is 6.61. The Bertz CT molecular complexity index is 1200. The van der Waals surface area contributed by atoms with Crippen LogP contribution in [0.25, 0.3) is 17.2 Å². The number of benzene rings is 1. The largest absolute Gasteiger partial charge is 0.480 e. The Morgan fingerprint density at radius 1 is 1.03 bits per heavy atom. The Morgan fingerprint density at radius 2 is 1.63 bits per heavy atom. The fourth-order valence-electron chi connectivity index (χ4n) is 2.84. The Hall–Kier alpha value is -2.91. The summed E-state index contributed by atoms with van der Waals surface area (Å²) in [7, 11) is 0. The van der Waals surface area contributed by atoms with Gasteiger partial charge in [0, 0.05) is 4.88 Å². The highest BCUT2D eigenvalue weighted by Crippen LogP contribution is 2.40. The predicted molar refractivity (Wildman–Crippen MR) is 120 cm³/mol. The first-order valence-corrected chi connectivity index (χ1v) is 11.4. The van der Waals surface area contributed by atoms with Crippen molar-refractivity contribution in [3.8, 4) is 11.1 Å². The Morgan fingerprint density at radius 3 is 2.17 bits per heavy atom. The molecule has 1 fully saturated rings. The fourth-order valence-corrected chi connectivity index (χ4v) is 5.01. The summed E-state index contributed by atoms with van der Waals surface area (Å²) in [6, 6.07) is 2.58. The lowest BCUT2D eigenvalue weighted by Gasteiger charge is -2.13. The summed E-state index contributed by atoms with van der Waals surface area (Å²) in [5.41, 5.74) is -3.11. The molecule has 0 saturated carbocycles. The molecule has 1 aliphatic rings. The molecule has 35 heavy (non-hydrogen) atoms. The molecule has 0 unspecified atom stereocenters. The number of thioether (sulfide) groups is 1. The molecule has 1 saturated heterocycles. The van der Waals surface area contributed by atoms with Crippen molar-refractivity contribution < 1.29 is 45.8 Å². The second-order valence-electron chi connectivity index (χ2n) is 6.97. The van der Waals surface area contributed by atoms with Crippen molar-refractivity contribution >= 4 is 63.5 Å². The number of hydrogen-bond acceptors (Lipinski definition) is 6. The van der Waals surface area contributed by atoms with Gasteiger partial charge in [0.25, 0.3) is 5.91 Å². The number of aliphatic carboxylic acids is 1. The van der Waals surface area contributed by atoms with Gasteiger partial charge in [0.05, 0.1) is 16.0 Å². The zero-order valence-corrected chi connectivity index (χ0v) is 19.4. The van der Waals surface area contributed by atoms with E-state index in [9.17, 15) is 40.7 Å². The fraction of sp³-hybridized carbons (Fsp3) is 0.200. The van der Waals surface area contributed by atoms with Crippen LogP contribution >= 0.6 is 35.3 Å². The normalized spacial score (nSPS) is 15.7. The number of carboxylic acid groups (broad SMARTS) is 1. The summed E-state index contributed by atoms with van der Waals surface area (Å²) in [5, 5.41) is 12.0. The van der Waals surface area contributed by atoms with Crippen molar-refractivity contribution in [3.05, 3.63) is 50.6 Å². The van der Waals surface area contributed by atoms with Gasteiger partial charge in [-0.3, -0.25) is 19.3 Å². The highest BCUT2D eigenvalue weighted by Gasteiger charge is 2.37. The van der Waals surface area contributed by atoms with E-state index in [2.05, 4.69) is 5.32 Å². The molecule has 0 radical (unpaired) electrons. The number of amides is 2. The van der Waals surface area contributed by atoms with Gasteiger partial charge in [-0.05, 0) is 46.8 Å². The zero-order chi connectivity index (χ0) is 26.1. The maximum Gasteiger partial charge on any atom is 0.416 e. The maximum absolute atomic E-state index is 13.1. The monoisotopic (exact) mass is 554 g/mol. The van der Waals surface area contributed by atoms with Crippen LogP contribution in [0.2, 0.25) is 0 Å². The van der Waals surface area contributed by atoms with E-state index >= 15 is 0 Å². The second-order valence-corrected chi connectivity index (χ2v) is 9.59. The highest BCUT2D eigenvalue weighted by molar-refractivity contribution is 8.26. The van der Waals surface area contributed by atoms with Gasteiger partial charge >= 0.3 is 18.3 Å². The van der Waals surface area contributed by atoms with Crippen molar-refractivity contribution in [2.24, 2.45) is 0 Å². The molecule has 0 atom stereocenters. The molecule has 6 nitrogen and oxygen atoms in total. The molecule has 0 spiro atoms. The van der Waals surface area contributed by atoms with E-state index in [0.29, 0.717) is 17.0 Å². The Balaban J connectivity index is 1.85. The van der Waals surface area contributed by atoms with Crippen molar-refractivity contribution in [2.45, 2.75) is 12.4 Å². The van der Waals surface area contributed by atoms with Crippen LogP contribution in [-0.2, 0) is 26.7 Å². The quantitative estimate of drug-likeness (QED) is 0.302. The zero-order valence-electron chi connectivity index (χ0n) is 17.0. The van der Waals surface area contributed by atoms with Gasteiger partial charge in [-0.25, -0.2) is 0 Å². The number of nitrogens with zero attached hydrogens (tertiary/aromatic N) is 1. The molecule has 2 heterocycles. The maximum atomic E-state index is 13.1. The van der Waals surface area contributed by atoms with E-state index in [1.165, 1.54) is 17.5 Å². The molecule has 2 N–H and O–H groups in total. The first kappa shape index (κ1) is 26.7. The molecule has 1 aliphatic heterocycles. The lowest BCUT2D eigenvalue weighted by Crippen LogP contribution is -2.41. The van der Waals surface area contributed by atoms with Crippen LogP contribution in [0.1, 0.15) is 16.0 Å². The lowest BCUT2D eigenvalue weighted by molar-refractivity contribution is -0.143. The molecule has 186 valence electrons. The number of nitrogens with one attached hydrogen (secondary N) is 1. The summed E-state index contributed by atoms with van der Waals surface area (Å²) in [4.78, 5) is 36.3. The third-order valence-corrected chi connectivity index (χ3v) is 6.68. The summed E-state index contributed by atoms with van der Waals surface area (Å²) in [5.74, 6) is -2.69. The smallest absolute Gasteiger partial charge is 0.416 e. The van der Waals surface area contributed by atoms with Gasteiger partial charge in [-0.15, -0.1) is 11.3 Å². The van der Waals surface area contributed by atoms with E-state index < -0.39 is 54.4 Å². The van der Waals surface area contributed by atoms with E-state index in [4.69, 9.17) is 17.3 Å². The standard InChI is InChI=1S/C20H12F6N2O4S3/c21-19(22,23)11-1-9(2-12(4-11)20(24,25)26)10-3-13(34-8-10)5-14-17(32)28(18(33)35-14)7-15(29)27-6-16(30)31/h1-5,8H,6-7H2,(H,27,29)(H,30,31)/b14-5-. The number of carboxylic acids is 1. The molecule has 1 aromatic heterocycles. The molecular weight excluding hydrogens is 542 g/mol. The van der Waals surface area contributed by atoms with Crippen LogP contribution in [0.3, 0.4) is 0 Å². The number of alkyl halides is 6. The average molecular weight is 555 g/mol. The number of rotatable bonds is 6. The van der Waals surface area contributed by atoms with Crippen LogP contribution in [0.5, 0.6) is 0 Å². The van der Waals surface area contributed by atoms with Crippen LogP contribution in [0, 0.1) is 0 Å². The minimum Gasteiger partial charge on any atom is -0.480 e. The van der Waals surface area contributed by atoms with E-state index in [-0.39, 0.29) is 26.4 Å². The van der Waals surface area contributed by atoms with Gasteiger partial charge in [0.15, 0.2) is 0 Å². The van der Waals surface area contributed by atoms with Crippen LogP contribution in [0.4, 0.5) is 26.3 Å². The van der Waals surface area contributed by atoms with Crippen LogP contribution in [0.15, 0.2) is 34.6 Å². The van der Waals surface area contributed by atoms with Gasteiger partial charge in [-0.2, -0.15) is 26.3 Å². The molecule has 3 rings (SSSR count). The third-order valence-electron chi connectivity index (χ3n) is 4.43. The molecule has 15 heteroatoms. The summed E-state index contributed by atoms with van der Waals surface area (Å²) >= 11 is 6.88. The summed E-state index contributed by atoms with van der Waals surface area (Å²) in [6.45, 7) is -1.16. The first-order chi connectivity index (χ1) is 16.1. The highest BCUT2D eigenvalue weighted by atomic mass is 32.2. The summed E-state index contributed by atoms with van der Waals surface area (Å²) < 4.78 is 78.8. The average Bonchev–Trinajstić information content (AvgIpc) is 3.31. The topological polar surface area (TPSA) is 86.7 Å². The van der Waals surface area contributed by atoms with E-state index in [0.717, 1.165) is 28.0 Å². The number of thiocarbonyl (C=S) groups is 1. The predicted octanol–water partition coefficient (Wildman–Crippen LogP) is 4.85. The minimum absolute atomic E-state index is 0.0243. The van der Waals surface area contributed by atoms with Crippen LogP contribution < -0.4 is 5.32 Å². The summed E-state index contributed by atoms with van der Waals surface area (Å²) in [6.07, 6.45) is -8.62. The molecule has 2 amide bonds. The number of carbonyl (C=O) groups is 3. The van der Waals surface area contributed by atoms with Crippen LogP contribution in [-0.4, -0.2) is 45.2 Å². The van der Waals surface area contributed by atoms with Crippen molar-refractivity contribution in [3.63, 3.8) is 0 Å². The van der Waals surface area contributed by atoms with Crippen molar-refractivity contribution in [1.82, 2.24) is 10.2 Å². The number of hydrogen-bond donors (Lipinski definition) is 2. The number of halogens is 6. The van der Waals surface area contributed by atoms with Crippen molar-refractivity contribution in [1.29, 1.82) is 0 Å². The minimum atomic E-state index is -4.99. The van der Waals surface area contributed by atoms with Gasteiger partial charge < -0.3 is 10.4 Å². The van der Waals surface area contributed by atoms with Gasteiger partial charge in [0.2, 0.25) is 5.91 Å². The molecule has 2 aromatic rings. The van der Waals surface area contributed by atoms with Gasteiger partial charge in [0.1, 0.15) is 17.4 Å². The number of carbonyl (C=O) groups excluding carboxylic acids is 2. The van der Waals surface area contributed by atoms with E-state index in [1.54, 1.807) is 0 Å². The Kier molecular flexibility index (Phi) is 7.62. The molecule has 1 aromatic carbocycles. The van der Waals surface area contributed by atoms with Gasteiger partial charge in [-0.1, -0.05) is 24.0 Å². The SMILES string of the molecule is O=C(O)CNC(=O)CN1C(=O)/C(=C/c2cc(-c3cc(C(F)(F)F)cc(C(F)(F)F)c3)cs2)SC1=S. The second kappa shape index (κ2) is 9.99. The van der Waals surface area contributed by atoms with Crippen molar-refractivity contribution in [2.75, 3.05) is 13.1 Å². The first-order valence-electron chi connectivity index (χ1n) is 9.27. The Labute approximate surface area is 206 Å². The van der Waals surface area contributed by atoms with E-state index in [1.807, 2.05) is 0 Å².